The van der Waals surface area contributed by atoms with Crippen LogP contribution in [0, 0.1) is 20.8 Å². The third-order valence-electron chi connectivity index (χ3n) is 3.51. The predicted octanol–water partition coefficient (Wildman–Crippen LogP) is 3.12. The number of hydrogen-bond donors (Lipinski definition) is 0. The van der Waals surface area contributed by atoms with E-state index in [9.17, 15) is 4.79 Å². The van der Waals surface area contributed by atoms with Gasteiger partial charge in [0.2, 0.25) is 5.91 Å². The molecule has 0 radical (unpaired) electrons. The first-order chi connectivity index (χ1) is 9.45. The van der Waals surface area contributed by atoms with Crippen LogP contribution >= 0.6 is 0 Å². The number of amides is 1. The summed E-state index contributed by atoms with van der Waals surface area (Å²) in [5.74, 6) is 0.0266. The van der Waals surface area contributed by atoms with Gasteiger partial charge in [-0.2, -0.15) is 0 Å². The van der Waals surface area contributed by atoms with Crippen LogP contribution in [0.3, 0.4) is 0 Å². The van der Waals surface area contributed by atoms with Crippen molar-refractivity contribution in [1.29, 1.82) is 0 Å². The number of likely N-dealkylation sites (N-methyl/N-ethyl adjacent to an activating group) is 1. The largest absolute Gasteiger partial charge is 0.385 e. The molecule has 3 nitrogen and oxygen atoms in total. The normalized spacial score (nSPS) is 11.1. The van der Waals surface area contributed by atoms with Crippen molar-refractivity contribution in [2.24, 2.45) is 0 Å². The van der Waals surface area contributed by atoms with Gasteiger partial charge in [0, 0.05) is 33.4 Å². The van der Waals surface area contributed by atoms with Crippen LogP contribution in [-0.2, 0) is 9.53 Å². The highest BCUT2D eigenvalue weighted by Gasteiger charge is 2.05. The Labute approximate surface area is 122 Å². The number of ether oxygens (including phenoxy) is 1. The Kier molecular flexibility index (Phi) is 6.46. The third-order valence-corrected chi connectivity index (χ3v) is 3.51. The molecule has 20 heavy (non-hydrogen) atoms. The van der Waals surface area contributed by atoms with E-state index in [1.165, 1.54) is 16.7 Å². The Morgan fingerprint density at radius 2 is 1.85 bits per heavy atom. The van der Waals surface area contributed by atoms with Crippen LogP contribution < -0.4 is 0 Å². The maximum atomic E-state index is 12.0. The van der Waals surface area contributed by atoms with Crippen LogP contribution in [0.2, 0.25) is 0 Å². The molecular formula is C17H25NO2. The topological polar surface area (TPSA) is 29.5 Å². The lowest BCUT2D eigenvalue weighted by molar-refractivity contribution is -0.124. The van der Waals surface area contributed by atoms with Gasteiger partial charge in [-0.1, -0.05) is 12.1 Å². The van der Waals surface area contributed by atoms with Crippen LogP contribution in [0.15, 0.2) is 18.2 Å². The molecule has 1 rings (SSSR count). The van der Waals surface area contributed by atoms with E-state index >= 15 is 0 Å². The summed E-state index contributed by atoms with van der Waals surface area (Å²) < 4.78 is 4.99. The molecule has 1 amide bonds. The Morgan fingerprint density at radius 1 is 1.20 bits per heavy atom. The second kappa shape index (κ2) is 7.85. The quantitative estimate of drug-likeness (QED) is 0.589. The summed E-state index contributed by atoms with van der Waals surface area (Å²) in [6.45, 7) is 7.65. The molecule has 0 aromatic heterocycles. The molecule has 0 atom stereocenters. The van der Waals surface area contributed by atoms with Crippen molar-refractivity contribution in [3.8, 4) is 0 Å². The predicted molar refractivity (Wildman–Crippen MR) is 83.8 cm³/mol. The Morgan fingerprint density at radius 3 is 2.50 bits per heavy atom. The minimum absolute atomic E-state index is 0.0266. The van der Waals surface area contributed by atoms with Gasteiger partial charge < -0.3 is 9.64 Å². The average Bonchev–Trinajstić information content (AvgIpc) is 2.41. The number of methoxy groups -OCH3 is 1. The van der Waals surface area contributed by atoms with Crippen LogP contribution in [0.1, 0.15) is 28.7 Å². The fourth-order valence-electron chi connectivity index (χ4n) is 2.01. The van der Waals surface area contributed by atoms with Gasteiger partial charge in [-0.25, -0.2) is 0 Å². The van der Waals surface area contributed by atoms with E-state index in [2.05, 4.69) is 32.9 Å². The minimum Gasteiger partial charge on any atom is -0.385 e. The maximum absolute atomic E-state index is 12.0. The van der Waals surface area contributed by atoms with Gasteiger partial charge in [-0.05, 0) is 55.5 Å². The summed E-state index contributed by atoms with van der Waals surface area (Å²) in [6.07, 6.45) is 4.40. The lowest BCUT2D eigenvalue weighted by Gasteiger charge is -2.14. The van der Waals surface area contributed by atoms with E-state index in [0.29, 0.717) is 13.2 Å². The number of carbonyl (C=O) groups excluding carboxylic acids is 1. The second-order valence-electron chi connectivity index (χ2n) is 5.23. The molecule has 0 unspecified atom stereocenters. The van der Waals surface area contributed by atoms with Gasteiger partial charge in [0.1, 0.15) is 0 Å². The lowest BCUT2D eigenvalue weighted by Crippen LogP contribution is -2.26. The number of rotatable bonds is 6. The molecular weight excluding hydrogens is 250 g/mol. The van der Waals surface area contributed by atoms with Crippen LogP contribution in [-0.4, -0.2) is 38.1 Å². The van der Waals surface area contributed by atoms with Crippen molar-refractivity contribution in [2.45, 2.75) is 27.2 Å². The molecule has 0 bridgehead atoms. The van der Waals surface area contributed by atoms with Gasteiger partial charge in [-0.15, -0.1) is 0 Å². The first kappa shape index (κ1) is 16.4. The molecule has 0 heterocycles. The average molecular weight is 275 g/mol. The summed E-state index contributed by atoms with van der Waals surface area (Å²) in [7, 11) is 3.49. The summed E-state index contributed by atoms with van der Waals surface area (Å²) in [6, 6.07) is 4.28. The van der Waals surface area contributed by atoms with Crippen molar-refractivity contribution in [1.82, 2.24) is 4.90 Å². The molecule has 0 spiro atoms. The number of carbonyl (C=O) groups is 1. The van der Waals surface area contributed by atoms with Gasteiger partial charge in [0.15, 0.2) is 0 Å². The van der Waals surface area contributed by atoms with Gasteiger partial charge in [0.05, 0.1) is 0 Å². The third kappa shape index (κ3) is 4.82. The highest BCUT2D eigenvalue weighted by molar-refractivity contribution is 5.91. The van der Waals surface area contributed by atoms with Crippen LogP contribution in [0.4, 0.5) is 0 Å². The molecule has 0 N–H and O–H groups in total. The number of benzene rings is 1. The van der Waals surface area contributed by atoms with E-state index in [1.54, 1.807) is 18.1 Å². The molecule has 110 valence electrons. The van der Waals surface area contributed by atoms with E-state index in [1.807, 2.05) is 13.1 Å². The summed E-state index contributed by atoms with van der Waals surface area (Å²) in [5.41, 5.74) is 4.82. The number of nitrogens with zero attached hydrogens (tertiary/aromatic N) is 1. The summed E-state index contributed by atoms with van der Waals surface area (Å²) in [4.78, 5) is 13.7. The fourth-order valence-corrected chi connectivity index (χ4v) is 2.01. The maximum Gasteiger partial charge on any atom is 0.246 e. The first-order valence-corrected chi connectivity index (χ1v) is 6.95. The van der Waals surface area contributed by atoms with Crippen molar-refractivity contribution in [3.05, 3.63) is 40.5 Å². The Hall–Kier alpha value is -1.61. The molecule has 0 fully saturated rings. The molecule has 1 aromatic carbocycles. The van der Waals surface area contributed by atoms with E-state index < -0.39 is 0 Å². The summed E-state index contributed by atoms with van der Waals surface area (Å²) in [5, 5.41) is 0. The van der Waals surface area contributed by atoms with Gasteiger partial charge in [0.25, 0.3) is 0 Å². The van der Waals surface area contributed by atoms with E-state index in [4.69, 9.17) is 4.74 Å². The molecule has 0 aliphatic carbocycles. The fraction of sp³-hybridized carbons (Fsp3) is 0.471. The summed E-state index contributed by atoms with van der Waals surface area (Å²) >= 11 is 0. The van der Waals surface area contributed by atoms with Gasteiger partial charge in [-0.3, -0.25) is 4.79 Å². The number of hydrogen-bond acceptors (Lipinski definition) is 2. The molecule has 0 saturated heterocycles. The Balaban J connectivity index is 2.67. The molecule has 0 aliphatic rings. The highest BCUT2D eigenvalue weighted by atomic mass is 16.5. The van der Waals surface area contributed by atoms with E-state index in [0.717, 1.165) is 12.0 Å². The zero-order valence-electron chi connectivity index (χ0n) is 13.2. The smallest absolute Gasteiger partial charge is 0.246 e. The number of aryl methyl sites for hydroxylation is 3. The van der Waals surface area contributed by atoms with Crippen molar-refractivity contribution < 1.29 is 9.53 Å². The van der Waals surface area contributed by atoms with Gasteiger partial charge >= 0.3 is 0 Å². The van der Waals surface area contributed by atoms with Crippen molar-refractivity contribution in [2.75, 3.05) is 27.3 Å². The SMILES string of the molecule is COCCCN(C)C(=O)/C=C/c1cc(C)c(C)cc1C. The highest BCUT2D eigenvalue weighted by Crippen LogP contribution is 2.16. The molecule has 0 saturated carbocycles. The first-order valence-electron chi connectivity index (χ1n) is 6.95. The monoisotopic (exact) mass is 275 g/mol. The zero-order chi connectivity index (χ0) is 15.1. The standard InChI is InChI=1S/C17H25NO2/c1-13-11-15(3)16(12-14(13)2)7-8-17(19)18(4)9-6-10-20-5/h7-8,11-12H,6,9-10H2,1-5H3/b8-7+. The lowest BCUT2D eigenvalue weighted by atomic mass is 10.0. The van der Waals surface area contributed by atoms with Crippen LogP contribution in [0.5, 0.6) is 0 Å². The molecule has 0 aliphatic heterocycles. The Bertz CT molecular complexity index is 492. The second-order valence-corrected chi connectivity index (χ2v) is 5.23. The minimum atomic E-state index is 0.0266. The van der Waals surface area contributed by atoms with E-state index in [-0.39, 0.29) is 5.91 Å². The van der Waals surface area contributed by atoms with Crippen LogP contribution in [0.25, 0.3) is 6.08 Å². The molecule has 1 aromatic rings. The van der Waals surface area contributed by atoms with Crippen molar-refractivity contribution in [3.63, 3.8) is 0 Å². The zero-order valence-corrected chi connectivity index (χ0v) is 13.2. The van der Waals surface area contributed by atoms with Crippen molar-refractivity contribution >= 4 is 12.0 Å². The molecule has 3 heteroatoms.